The highest BCUT2D eigenvalue weighted by Gasteiger charge is 2.15. The summed E-state index contributed by atoms with van der Waals surface area (Å²) in [4.78, 5) is 12.9. The summed E-state index contributed by atoms with van der Waals surface area (Å²) >= 11 is 4.82. The van der Waals surface area contributed by atoms with Crippen molar-refractivity contribution >= 4 is 33.2 Å². The van der Waals surface area contributed by atoms with Crippen LogP contribution in [0.25, 0.3) is 0 Å². The van der Waals surface area contributed by atoms with Crippen molar-refractivity contribution in [1.82, 2.24) is 5.32 Å². The van der Waals surface area contributed by atoms with Crippen molar-refractivity contribution in [2.75, 3.05) is 0 Å². The summed E-state index contributed by atoms with van der Waals surface area (Å²) in [5, 5.41) is 2.67. The van der Waals surface area contributed by atoms with Gasteiger partial charge in [-0.2, -0.15) is 8.78 Å². The van der Waals surface area contributed by atoms with Gasteiger partial charge in [0.05, 0.1) is 15.9 Å². The van der Waals surface area contributed by atoms with Gasteiger partial charge in [0.1, 0.15) is 5.75 Å². The molecule has 0 aliphatic heterocycles. The molecule has 0 saturated carbocycles. The van der Waals surface area contributed by atoms with Gasteiger partial charge in [-0.05, 0) is 40.2 Å². The zero-order valence-electron chi connectivity index (χ0n) is 10.1. The summed E-state index contributed by atoms with van der Waals surface area (Å²) in [6.07, 6.45) is 0. The molecule has 0 aliphatic rings. The van der Waals surface area contributed by atoms with Crippen LogP contribution in [0.1, 0.15) is 15.2 Å². The van der Waals surface area contributed by atoms with E-state index in [1.165, 1.54) is 29.5 Å². The average molecular weight is 362 g/mol. The SMILES string of the molecule is O=C(NCc1ccc(Br)s1)c1ccccc1OC(F)F. The van der Waals surface area contributed by atoms with Gasteiger partial charge in [-0.25, -0.2) is 0 Å². The third-order valence-corrected chi connectivity index (χ3v) is 4.02. The minimum absolute atomic E-state index is 0.0865. The minimum atomic E-state index is -2.96. The van der Waals surface area contributed by atoms with Crippen LogP contribution in [0.4, 0.5) is 8.78 Å². The standard InChI is InChI=1S/C13H10BrF2NO2S/c14-11-6-5-8(20-11)7-17-12(18)9-3-1-2-4-10(9)19-13(15)16/h1-6,13H,7H2,(H,17,18). The molecule has 0 spiro atoms. The van der Waals surface area contributed by atoms with Crippen LogP contribution in [0.2, 0.25) is 0 Å². The lowest BCUT2D eigenvalue weighted by atomic mass is 10.2. The normalized spacial score (nSPS) is 10.6. The van der Waals surface area contributed by atoms with Crippen LogP contribution in [0.15, 0.2) is 40.2 Å². The summed E-state index contributed by atoms with van der Waals surface area (Å²) in [7, 11) is 0. The predicted molar refractivity (Wildman–Crippen MR) is 76.3 cm³/mol. The Morgan fingerprint density at radius 1 is 1.30 bits per heavy atom. The molecule has 3 nitrogen and oxygen atoms in total. The van der Waals surface area contributed by atoms with Crippen molar-refractivity contribution in [3.8, 4) is 5.75 Å². The Morgan fingerprint density at radius 3 is 2.70 bits per heavy atom. The molecular weight excluding hydrogens is 352 g/mol. The molecule has 1 aromatic heterocycles. The highest BCUT2D eigenvalue weighted by atomic mass is 79.9. The van der Waals surface area contributed by atoms with E-state index in [2.05, 4.69) is 26.0 Å². The van der Waals surface area contributed by atoms with Crippen LogP contribution in [0, 0.1) is 0 Å². The van der Waals surface area contributed by atoms with Crippen molar-refractivity contribution in [2.24, 2.45) is 0 Å². The van der Waals surface area contributed by atoms with Crippen LogP contribution in [0.3, 0.4) is 0 Å². The van der Waals surface area contributed by atoms with E-state index >= 15 is 0 Å². The fourth-order valence-corrected chi connectivity index (χ4v) is 2.99. The van der Waals surface area contributed by atoms with Crippen LogP contribution >= 0.6 is 27.3 Å². The lowest BCUT2D eigenvalue weighted by molar-refractivity contribution is -0.0501. The van der Waals surface area contributed by atoms with Crippen LogP contribution in [-0.4, -0.2) is 12.5 Å². The van der Waals surface area contributed by atoms with E-state index in [0.717, 1.165) is 8.66 Å². The second-order valence-electron chi connectivity index (χ2n) is 3.76. The lowest BCUT2D eigenvalue weighted by Gasteiger charge is -2.10. The fourth-order valence-electron chi connectivity index (χ4n) is 1.56. The number of hydrogen-bond acceptors (Lipinski definition) is 3. The van der Waals surface area contributed by atoms with E-state index in [-0.39, 0.29) is 11.3 Å². The first-order valence-corrected chi connectivity index (χ1v) is 7.23. The quantitative estimate of drug-likeness (QED) is 0.872. The molecule has 0 saturated heterocycles. The molecule has 0 radical (unpaired) electrons. The Bertz CT molecular complexity index is 604. The van der Waals surface area contributed by atoms with E-state index in [0.29, 0.717) is 6.54 Å². The Hall–Kier alpha value is -1.47. The van der Waals surface area contributed by atoms with Crippen molar-refractivity contribution in [1.29, 1.82) is 0 Å². The highest BCUT2D eigenvalue weighted by Crippen LogP contribution is 2.23. The van der Waals surface area contributed by atoms with Crippen molar-refractivity contribution in [2.45, 2.75) is 13.2 Å². The number of thiophene rings is 1. The molecule has 20 heavy (non-hydrogen) atoms. The second-order valence-corrected chi connectivity index (χ2v) is 6.31. The van der Waals surface area contributed by atoms with Gasteiger partial charge in [0.15, 0.2) is 0 Å². The molecule has 106 valence electrons. The molecule has 0 unspecified atom stereocenters. The number of rotatable bonds is 5. The molecule has 7 heteroatoms. The predicted octanol–water partition coefficient (Wildman–Crippen LogP) is 4.04. The average Bonchev–Trinajstić information content (AvgIpc) is 2.82. The molecule has 1 heterocycles. The second kappa shape index (κ2) is 6.81. The molecule has 1 aromatic carbocycles. The molecule has 0 fully saturated rings. The zero-order chi connectivity index (χ0) is 14.5. The first-order chi connectivity index (χ1) is 9.56. The first kappa shape index (κ1) is 14.9. The smallest absolute Gasteiger partial charge is 0.387 e. The number of carbonyl (C=O) groups excluding carboxylic acids is 1. The summed E-state index contributed by atoms with van der Waals surface area (Å²) < 4.78 is 29.8. The van der Waals surface area contributed by atoms with Gasteiger partial charge in [0, 0.05) is 4.88 Å². The van der Waals surface area contributed by atoms with Crippen molar-refractivity contribution in [3.05, 3.63) is 50.6 Å². The fraction of sp³-hybridized carbons (Fsp3) is 0.154. The van der Waals surface area contributed by atoms with E-state index in [1.807, 2.05) is 12.1 Å². The van der Waals surface area contributed by atoms with Gasteiger partial charge in [0.2, 0.25) is 0 Å². The topological polar surface area (TPSA) is 38.3 Å². The Balaban J connectivity index is 2.05. The Kier molecular flexibility index (Phi) is 5.08. The lowest BCUT2D eigenvalue weighted by Crippen LogP contribution is -2.23. The molecule has 0 aliphatic carbocycles. The van der Waals surface area contributed by atoms with Gasteiger partial charge in [-0.15, -0.1) is 11.3 Å². The van der Waals surface area contributed by atoms with E-state index in [9.17, 15) is 13.6 Å². The molecule has 0 bridgehead atoms. The third-order valence-electron chi connectivity index (χ3n) is 2.40. The highest BCUT2D eigenvalue weighted by molar-refractivity contribution is 9.11. The van der Waals surface area contributed by atoms with E-state index < -0.39 is 12.5 Å². The minimum Gasteiger partial charge on any atom is -0.434 e. The van der Waals surface area contributed by atoms with Gasteiger partial charge in [-0.1, -0.05) is 12.1 Å². The zero-order valence-corrected chi connectivity index (χ0v) is 12.5. The number of carbonyl (C=O) groups is 1. The van der Waals surface area contributed by atoms with Crippen LogP contribution in [0.5, 0.6) is 5.75 Å². The van der Waals surface area contributed by atoms with Crippen LogP contribution in [-0.2, 0) is 6.54 Å². The largest absolute Gasteiger partial charge is 0.434 e. The Morgan fingerprint density at radius 2 is 2.05 bits per heavy atom. The number of halogens is 3. The number of amides is 1. The third kappa shape index (κ3) is 4.01. The maximum atomic E-state index is 12.3. The van der Waals surface area contributed by atoms with Crippen molar-refractivity contribution < 1.29 is 18.3 Å². The monoisotopic (exact) mass is 361 g/mol. The maximum Gasteiger partial charge on any atom is 0.387 e. The number of nitrogens with one attached hydrogen (secondary N) is 1. The molecule has 0 atom stereocenters. The maximum absolute atomic E-state index is 12.3. The van der Waals surface area contributed by atoms with E-state index in [1.54, 1.807) is 6.07 Å². The summed E-state index contributed by atoms with van der Waals surface area (Å²) in [5.74, 6) is -0.585. The number of ether oxygens (including phenoxy) is 1. The number of para-hydroxylation sites is 1. The summed E-state index contributed by atoms with van der Waals surface area (Å²) in [6, 6.07) is 9.65. The Labute approximate surface area is 126 Å². The number of alkyl halides is 2. The van der Waals surface area contributed by atoms with Gasteiger partial charge in [-0.3, -0.25) is 4.79 Å². The first-order valence-electron chi connectivity index (χ1n) is 5.62. The summed E-state index contributed by atoms with van der Waals surface area (Å²) in [5.41, 5.74) is 0.0865. The summed E-state index contributed by atoms with van der Waals surface area (Å²) in [6.45, 7) is -2.63. The number of benzene rings is 1. The number of hydrogen-bond donors (Lipinski definition) is 1. The molecule has 2 aromatic rings. The van der Waals surface area contributed by atoms with Gasteiger partial charge < -0.3 is 10.1 Å². The van der Waals surface area contributed by atoms with E-state index in [4.69, 9.17) is 0 Å². The van der Waals surface area contributed by atoms with Crippen molar-refractivity contribution in [3.63, 3.8) is 0 Å². The molecule has 1 amide bonds. The molecule has 1 N–H and O–H groups in total. The molecule has 2 rings (SSSR count). The van der Waals surface area contributed by atoms with Gasteiger partial charge in [0.25, 0.3) is 5.91 Å². The molecular formula is C13H10BrF2NO2S. The van der Waals surface area contributed by atoms with Gasteiger partial charge >= 0.3 is 6.61 Å². The van der Waals surface area contributed by atoms with Crippen LogP contribution < -0.4 is 10.1 Å².